The summed E-state index contributed by atoms with van der Waals surface area (Å²) in [7, 11) is 0. The predicted octanol–water partition coefficient (Wildman–Crippen LogP) is 2.53. The quantitative estimate of drug-likeness (QED) is 0.542. The lowest BCUT2D eigenvalue weighted by Crippen LogP contribution is -1.97. The van der Waals surface area contributed by atoms with Crippen molar-refractivity contribution in [3.63, 3.8) is 0 Å². The molecule has 0 spiro atoms. The van der Waals surface area contributed by atoms with E-state index in [1.807, 2.05) is 37.4 Å². The van der Waals surface area contributed by atoms with Crippen molar-refractivity contribution in [3.05, 3.63) is 29.8 Å². The van der Waals surface area contributed by atoms with E-state index < -0.39 is 0 Å². The average molecular weight is 201 g/mol. The highest BCUT2D eigenvalue weighted by Crippen LogP contribution is 2.15. The molecule has 0 N–H and O–H groups in total. The molecule has 0 aliphatic rings. The Hall–Kier alpha value is -1.75. The second-order valence-electron chi connectivity index (χ2n) is 2.88. The number of para-hydroxylation sites is 1. The fraction of sp³-hybridized carbons (Fsp3) is 0.308. The lowest BCUT2D eigenvalue weighted by Gasteiger charge is -2.04. The zero-order valence-electron chi connectivity index (χ0n) is 9.16. The van der Waals surface area contributed by atoms with Crippen LogP contribution in [0.4, 0.5) is 0 Å². The van der Waals surface area contributed by atoms with Crippen molar-refractivity contribution in [1.29, 1.82) is 0 Å². The molecule has 1 rings (SSSR count). The molecule has 0 atom stereocenters. The summed E-state index contributed by atoms with van der Waals surface area (Å²) in [5, 5.41) is 0. The Bertz CT molecular complexity index is 385. The van der Waals surface area contributed by atoms with Crippen molar-refractivity contribution in [2.45, 2.75) is 13.8 Å². The number of aliphatic imine (C=N–C) groups is 1. The third-order valence-corrected chi connectivity index (χ3v) is 1.81. The van der Waals surface area contributed by atoms with Crippen LogP contribution in [0.25, 0.3) is 0 Å². The van der Waals surface area contributed by atoms with Crippen molar-refractivity contribution in [2.75, 3.05) is 13.2 Å². The molecule has 0 radical (unpaired) electrons. The van der Waals surface area contributed by atoms with Gasteiger partial charge in [-0.1, -0.05) is 18.1 Å². The highest BCUT2D eigenvalue weighted by atomic mass is 16.5. The molecule has 0 unspecified atom stereocenters. The van der Waals surface area contributed by atoms with Gasteiger partial charge in [0.05, 0.1) is 0 Å². The molecule has 1 aromatic carbocycles. The second kappa shape index (κ2) is 6.67. The van der Waals surface area contributed by atoms with E-state index >= 15 is 0 Å². The number of benzene rings is 1. The van der Waals surface area contributed by atoms with Gasteiger partial charge >= 0.3 is 0 Å². The summed E-state index contributed by atoms with van der Waals surface area (Å²) in [5.41, 5.74) is 0.997. The molecule has 0 amide bonds. The summed E-state index contributed by atoms with van der Waals surface area (Å²) in [6, 6.07) is 7.82. The Kier molecular flexibility index (Phi) is 5.03. The monoisotopic (exact) mass is 201 g/mol. The first-order valence-corrected chi connectivity index (χ1v) is 4.99. The first kappa shape index (κ1) is 11.3. The summed E-state index contributed by atoms with van der Waals surface area (Å²) in [6.07, 6.45) is 1.83. The van der Waals surface area contributed by atoms with Gasteiger partial charge in [-0.15, -0.1) is 5.92 Å². The van der Waals surface area contributed by atoms with Gasteiger partial charge in [-0.25, -0.2) is 0 Å². The summed E-state index contributed by atoms with van der Waals surface area (Å²) in [5.74, 6) is 6.49. The maximum atomic E-state index is 5.51. The fourth-order valence-electron chi connectivity index (χ4n) is 1.09. The van der Waals surface area contributed by atoms with Crippen LogP contribution in [-0.2, 0) is 0 Å². The molecule has 1 aromatic rings. The Morgan fingerprint density at radius 1 is 1.40 bits per heavy atom. The van der Waals surface area contributed by atoms with E-state index in [4.69, 9.17) is 4.74 Å². The van der Waals surface area contributed by atoms with Crippen molar-refractivity contribution < 1.29 is 4.74 Å². The van der Waals surface area contributed by atoms with Gasteiger partial charge in [-0.05, 0) is 26.0 Å². The normalized spacial score (nSPS) is 9.73. The van der Waals surface area contributed by atoms with Gasteiger partial charge in [0.1, 0.15) is 12.4 Å². The maximum absolute atomic E-state index is 5.51. The van der Waals surface area contributed by atoms with Gasteiger partial charge in [0.15, 0.2) is 0 Å². The predicted molar refractivity (Wildman–Crippen MR) is 63.5 cm³/mol. The molecule has 15 heavy (non-hydrogen) atoms. The summed E-state index contributed by atoms with van der Waals surface area (Å²) < 4.78 is 5.51. The lowest BCUT2D eigenvalue weighted by atomic mass is 10.2. The van der Waals surface area contributed by atoms with E-state index in [1.165, 1.54) is 0 Å². The Morgan fingerprint density at radius 2 is 2.20 bits per heavy atom. The average Bonchev–Trinajstić information content (AvgIpc) is 2.28. The van der Waals surface area contributed by atoms with Crippen LogP contribution in [0.5, 0.6) is 5.75 Å². The second-order valence-corrected chi connectivity index (χ2v) is 2.88. The lowest BCUT2D eigenvalue weighted by molar-refractivity contribution is 0.369. The SMILES string of the molecule is CC#CCOc1ccccc1C=NCC. The molecular weight excluding hydrogens is 186 g/mol. The van der Waals surface area contributed by atoms with Gasteiger partial charge < -0.3 is 4.74 Å². The first-order chi connectivity index (χ1) is 7.38. The molecule has 2 heteroatoms. The summed E-state index contributed by atoms with van der Waals surface area (Å²) in [4.78, 5) is 4.19. The molecule has 0 aromatic heterocycles. The third kappa shape index (κ3) is 3.86. The molecule has 0 aliphatic heterocycles. The standard InChI is InChI=1S/C13H15NO/c1-3-5-10-15-13-9-7-6-8-12(13)11-14-4-2/h6-9,11H,4,10H2,1-2H3. The molecule has 0 fully saturated rings. The number of hydrogen-bond donors (Lipinski definition) is 0. The van der Waals surface area contributed by atoms with Gasteiger partial charge in [0.25, 0.3) is 0 Å². The fourth-order valence-corrected chi connectivity index (χ4v) is 1.09. The minimum Gasteiger partial charge on any atom is -0.480 e. The molecule has 2 nitrogen and oxygen atoms in total. The van der Waals surface area contributed by atoms with Crippen LogP contribution in [0, 0.1) is 11.8 Å². The number of nitrogens with zero attached hydrogens (tertiary/aromatic N) is 1. The smallest absolute Gasteiger partial charge is 0.149 e. The van der Waals surface area contributed by atoms with E-state index in [-0.39, 0.29) is 0 Å². The Balaban J connectivity index is 2.75. The third-order valence-electron chi connectivity index (χ3n) is 1.81. The molecule has 0 heterocycles. The van der Waals surface area contributed by atoms with Crippen LogP contribution in [0.15, 0.2) is 29.3 Å². The van der Waals surface area contributed by atoms with Crippen LogP contribution in [-0.4, -0.2) is 19.4 Å². The van der Waals surface area contributed by atoms with E-state index in [2.05, 4.69) is 16.8 Å². The Labute approximate surface area is 91.0 Å². The molecule has 0 saturated heterocycles. The Morgan fingerprint density at radius 3 is 2.93 bits per heavy atom. The zero-order chi connectivity index (χ0) is 10.9. The van der Waals surface area contributed by atoms with Crippen molar-refractivity contribution in [2.24, 2.45) is 4.99 Å². The summed E-state index contributed by atoms with van der Waals surface area (Å²) in [6.45, 7) is 5.01. The van der Waals surface area contributed by atoms with Gasteiger partial charge in [-0.2, -0.15) is 0 Å². The van der Waals surface area contributed by atoms with Gasteiger partial charge in [-0.3, -0.25) is 4.99 Å². The number of ether oxygens (including phenoxy) is 1. The van der Waals surface area contributed by atoms with Crippen LogP contribution in [0.1, 0.15) is 19.4 Å². The van der Waals surface area contributed by atoms with E-state index in [0.29, 0.717) is 6.61 Å². The molecule has 0 aliphatic carbocycles. The largest absolute Gasteiger partial charge is 0.480 e. The molecule has 78 valence electrons. The first-order valence-electron chi connectivity index (χ1n) is 4.99. The van der Waals surface area contributed by atoms with E-state index in [0.717, 1.165) is 17.9 Å². The number of rotatable bonds is 4. The minimum absolute atomic E-state index is 0.424. The molecule has 0 bridgehead atoms. The van der Waals surface area contributed by atoms with E-state index in [9.17, 15) is 0 Å². The highest BCUT2D eigenvalue weighted by Gasteiger charge is 1.98. The topological polar surface area (TPSA) is 21.6 Å². The maximum Gasteiger partial charge on any atom is 0.149 e. The van der Waals surface area contributed by atoms with Crippen LogP contribution in [0.3, 0.4) is 0 Å². The van der Waals surface area contributed by atoms with Gasteiger partial charge in [0.2, 0.25) is 0 Å². The van der Waals surface area contributed by atoms with Crippen molar-refractivity contribution in [1.82, 2.24) is 0 Å². The molecular formula is C13H15NO. The van der Waals surface area contributed by atoms with Crippen LogP contribution < -0.4 is 4.74 Å². The van der Waals surface area contributed by atoms with Crippen LogP contribution >= 0.6 is 0 Å². The highest BCUT2D eigenvalue weighted by molar-refractivity contribution is 5.83. The van der Waals surface area contributed by atoms with Crippen molar-refractivity contribution >= 4 is 6.21 Å². The molecule has 0 saturated carbocycles. The zero-order valence-corrected chi connectivity index (χ0v) is 9.16. The van der Waals surface area contributed by atoms with Crippen molar-refractivity contribution in [3.8, 4) is 17.6 Å². The van der Waals surface area contributed by atoms with Crippen LogP contribution in [0.2, 0.25) is 0 Å². The summed E-state index contributed by atoms with van der Waals surface area (Å²) >= 11 is 0. The minimum atomic E-state index is 0.424. The van der Waals surface area contributed by atoms with E-state index in [1.54, 1.807) is 6.92 Å². The van der Waals surface area contributed by atoms with Gasteiger partial charge in [0, 0.05) is 18.3 Å². The number of hydrogen-bond acceptors (Lipinski definition) is 2.